The van der Waals surface area contributed by atoms with Crippen molar-refractivity contribution in [2.75, 3.05) is 0 Å². The average Bonchev–Trinajstić information content (AvgIpc) is 1.94. The summed E-state index contributed by atoms with van der Waals surface area (Å²) >= 11 is 0. The Morgan fingerprint density at radius 3 is 3.00 bits per heavy atom. The van der Waals surface area contributed by atoms with Crippen LogP contribution < -0.4 is 0 Å². The molecule has 0 atom stereocenters. The van der Waals surface area contributed by atoms with Gasteiger partial charge in [-0.2, -0.15) is 0 Å². The maximum atomic E-state index is 11.0. The summed E-state index contributed by atoms with van der Waals surface area (Å²) in [6.07, 6.45) is 7.92. The lowest BCUT2D eigenvalue weighted by Gasteiger charge is -2.04. The number of hydrogen-bond donors (Lipinski definition) is 0. The molecule has 0 aromatic rings. The van der Waals surface area contributed by atoms with Crippen molar-refractivity contribution in [3.63, 3.8) is 0 Å². The summed E-state index contributed by atoms with van der Waals surface area (Å²) < 4.78 is 0. The van der Waals surface area contributed by atoms with Gasteiger partial charge in [-0.05, 0) is 18.4 Å². The van der Waals surface area contributed by atoms with E-state index in [2.05, 4.69) is 6.92 Å². The van der Waals surface area contributed by atoms with E-state index in [1.165, 1.54) is 0 Å². The van der Waals surface area contributed by atoms with Gasteiger partial charge >= 0.3 is 0 Å². The van der Waals surface area contributed by atoms with Crippen molar-refractivity contribution in [2.24, 2.45) is 0 Å². The van der Waals surface area contributed by atoms with Crippen LogP contribution in [-0.4, -0.2) is 5.78 Å². The van der Waals surface area contributed by atoms with Crippen molar-refractivity contribution in [1.82, 2.24) is 0 Å². The van der Waals surface area contributed by atoms with E-state index in [0.29, 0.717) is 6.42 Å². The number of ketones is 1. The molecule has 0 aromatic heterocycles. The predicted octanol–water partition coefficient (Wildman–Crippen LogP) is 2.06. The van der Waals surface area contributed by atoms with Gasteiger partial charge in [0, 0.05) is 6.42 Å². The van der Waals surface area contributed by atoms with Crippen LogP contribution in [0.2, 0.25) is 0 Å². The molecule has 0 aliphatic heterocycles. The first-order valence-electron chi connectivity index (χ1n) is 3.52. The normalized spacial score (nSPS) is 17.3. The van der Waals surface area contributed by atoms with Crippen LogP contribution in [0.5, 0.6) is 0 Å². The largest absolute Gasteiger partial charge is 0.294 e. The van der Waals surface area contributed by atoms with Crippen molar-refractivity contribution in [1.29, 1.82) is 0 Å². The first-order chi connectivity index (χ1) is 4.84. The number of carbonyl (C=O) groups is 1. The van der Waals surface area contributed by atoms with E-state index in [1.807, 2.05) is 18.2 Å². The minimum absolute atomic E-state index is 0.256. The van der Waals surface area contributed by atoms with Crippen LogP contribution in [0, 0.1) is 6.92 Å². The lowest BCUT2D eigenvalue weighted by atomic mass is 10.00. The maximum Gasteiger partial charge on any atom is 0.162 e. The van der Waals surface area contributed by atoms with Crippen LogP contribution >= 0.6 is 0 Å². The van der Waals surface area contributed by atoms with Crippen molar-refractivity contribution < 1.29 is 4.79 Å². The van der Waals surface area contributed by atoms with Gasteiger partial charge in [-0.3, -0.25) is 4.79 Å². The lowest BCUT2D eigenvalue weighted by Crippen LogP contribution is -2.03. The molecule has 0 saturated heterocycles. The third kappa shape index (κ3) is 1.56. The van der Waals surface area contributed by atoms with Crippen molar-refractivity contribution in [3.8, 4) is 0 Å². The Morgan fingerprint density at radius 1 is 1.60 bits per heavy atom. The van der Waals surface area contributed by atoms with Crippen LogP contribution in [-0.2, 0) is 4.79 Å². The fourth-order valence-corrected chi connectivity index (χ4v) is 0.997. The fourth-order valence-electron chi connectivity index (χ4n) is 0.997. The summed E-state index contributed by atoms with van der Waals surface area (Å²) in [4.78, 5) is 11.0. The highest BCUT2D eigenvalue weighted by Gasteiger charge is 2.07. The zero-order valence-electron chi connectivity index (χ0n) is 5.97. The predicted molar refractivity (Wildman–Crippen MR) is 41.4 cm³/mol. The van der Waals surface area contributed by atoms with Gasteiger partial charge in [-0.25, -0.2) is 0 Å². The van der Waals surface area contributed by atoms with E-state index in [9.17, 15) is 4.79 Å². The van der Waals surface area contributed by atoms with Gasteiger partial charge in [0.1, 0.15) is 0 Å². The molecular formula is C9H11O. The zero-order valence-corrected chi connectivity index (χ0v) is 5.97. The molecule has 0 aromatic carbocycles. The third-order valence-corrected chi connectivity index (χ3v) is 1.54. The second-order valence-electron chi connectivity index (χ2n) is 2.35. The minimum Gasteiger partial charge on any atom is -0.294 e. The molecule has 0 saturated carbocycles. The van der Waals surface area contributed by atoms with Crippen LogP contribution in [0.4, 0.5) is 0 Å². The monoisotopic (exact) mass is 135 g/mol. The minimum atomic E-state index is 0.256. The molecule has 53 valence electrons. The topological polar surface area (TPSA) is 17.1 Å². The lowest BCUT2D eigenvalue weighted by molar-refractivity contribution is -0.115. The van der Waals surface area contributed by atoms with Crippen LogP contribution in [0.25, 0.3) is 0 Å². The van der Waals surface area contributed by atoms with E-state index in [4.69, 9.17) is 0 Å². The maximum absolute atomic E-state index is 11.0. The summed E-state index contributed by atoms with van der Waals surface area (Å²) in [6, 6.07) is 0. The highest BCUT2D eigenvalue weighted by atomic mass is 16.1. The molecule has 1 aliphatic rings. The molecule has 0 fully saturated rings. The van der Waals surface area contributed by atoms with E-state index >= 15 is 0 Å². The molecule has 1 nitrogen and oxygen atoms in total. The van der Waals surface area contributed by atoms with Crippen LogP contribution in [0.1, 0.15) is 19.3 Å². The Hall–Kier alpha value is -0.850. The number of carbonyl (C=O) groups excluding carboxylic acids is 1. The van der Waals surface area contributed by atoms with Gasteiger partial charge in [0.05, 0.1) is 0 Å². The summed E-state index contributed by atoms with van der Waals surface area (Å²) in [6.45, 7) is 3.70. The molecule has 0 N–H and O–H groups in total. The average molecular weight is 135 g/mol. The smallest absolute Gasteiger partial charge is 0.162 e. The van der Waals surface area contributed by atoms with E-state index in [0.717, 1.165) is 18.4 Å². The highest BCUT2D eigenvalue weighted by Crippen LogP contribution is 2.12. The molecule has 10 heavy (non-hydrogen) atoms. The first kappa shape index (κ1) is 7.26. The van der Waals surface area contributed by atoms with Gasteiger partial charge in [0.2, 0.25) is 0 Å². The fraction of sp³-hybridized carbons (Fsp3) is 0.333. The van der Waals surface area contributed by atoms with Crippen LogP contribution in [0.15, 0.2) is 23.8 Å². The van der Waals surface area contributed by atoms with Crippen LogP contribution in [0.3, 0.4) is 0 Å². The molecule has 1 aliphatic carbocycles. The first-order valence-corrected chi connectivity index (χ1v) is 3.52. The Labute approximate surface area is 61.4 Å². The Balaban J connectivity index is 2.61. The van der Waals surface area contributed by atoms with E-state index in [1.54, 1.807) is 0 Å². The second-order valence-corrected chi connectivity index (χ2v) is 2.35. The Bertz CT molecular complexity index is 187. The molecule has 0 bridgehead atoms. The summed E-state index contributed by atoms with van der Waals surface area (Å²) in [7, 11) is 0. The quantitative estimate of drug-likeness (QED) is 0.566. The van der Waals surface area contributed by atoms with Gasteiger partial charge in [-0.1, -0.05) is 25.2 Å². The molecule has 1 radical (unpaired) electrons. The molecule has 0 heterocycles. The molecular weight excluding hydrogens is 124 g/mol. The standard InChI is InChI=1S/C9H11O/c1-2-5-8-6-3-4-7-9(8)10/h3-4,6H,1-2,5,7H2. The molecule has 1 heteroatoms. The van der Waals surface area contributed by atoms with E-state index in [-0.39, 0.29) is 5.78 Å². The number of hydrogen-bond acceptors (Lipinski definition) is 1. The summed E-state index contributed by atoms with van der Waals surface area (Å²) in [5.41, 5.74) is 0.928. The van der Waals surface area contributed by atoms with Gasteiger partial charge < -0.3 is 0 Å². The van der Waals surface area contributed by atoms with Crippen molar-refractivity contribution >= 4 is 5.78 Å². The second kappa shape index (κ2) is 3.35. The summed E-state index contributed by atoms with van der Waals surface area (Å²) in [5, 5.41) is 0. The number of Topliss-reactive ketones (excluding diaryl/α,β-unsaturated/α-hetero) is 1. The van der Waals surface area contributed by atoms with Crippen molar-refractivity contribution in [3.05, 3.63) is 30.7 Å². The molecule has 0 unspecified atom stereocenters. The third-order valence-electron chi connectivity index (χ3n) is 1.54. The van der Waals surface area contributed by atoms with Gasteiger partial charge in [0.15, 0.2) is 5.78 Å². The molecule has 1 rings (SSSR count). The van der Waals surface area contributed by atoms with E-state index < -0.39 is 0 Å². The molecule has 0 spiro atoms. The molecule has 0 amide bonds. The van der Waals surface area contributed by atoms with Gasteiger partial charge in [-0.15, -0.1) is 0 Å². The highest BCUT2D eigenvalue weighted by molar-refractivity contribution is 5.97. The van der Waals surface area contributed by atoms with Gasteiger partial charge in [0.25, 0.3) is 0 Å². The Morgan fingerprint density at radius 2 is 2.40 bits per heavy atom. The number of allylic oxidation sites excluding steroid dienone is 4. The SMILES string of the molecule is [CH2]CCC1=CC=CCC1=O. The Kier molecular flexibility index (Phi) is 2.43. The number of rotatable bonds is 2. The zero-order chi connectivity index (χ0) is 7.40. The summed E-state index contributed by atoms with van der Waals surface area (Å²) in [5.74, 6) is 0.256. The van der Waals surface area contributed by atoms with Crippen molar-refractivity contribution in [2.45, 2.75) is 19.3 Å².